The normalized spacial score (nSPS) is 11.3. The lowest BCUT2D eigenvalue weighted by molar-refractivity contribution is -0.153. The van der Waals surface area contributed by atoms with Crippen molar-refractivity contribution in [1.29, 1.82) is 0 Å². The summed E-state index contributed by atoms with van der Waals surface area (Å²) >= 11 is 0. The quantitative estimate of drug-likeness (QED) is 0.586. The largest absolute Gasteiger partial charge is 0.484 e. The summed E-state index contributed by atoms with van der Waals surface area (Å²) in [6.45, 7) is -1.39. The number of alkyl halides is 3. The summed E-state index contributed by atoms with van der Waals surface area (Å²) in [5.41, 5.74) is 0.991. The third kappa shape index (κ3) is 6.30. The summed E-state index contributed by atoms with van der Waals surface area (Å²) in [5, 5.41) is 6.40. The molecule has 0 radical (unpaired) electrons. The Morgan fingerprint density at radius 3 is 2.41 bits per heavy atom. The lowest BCUT2D eigenvalue weighted by Crippen LogP contribution is -2.19. The minimum atomic E-state index is -4.42. The van der Waals surface area contributed by atoms with Crippen molar-refractivity contribution in [2.45, 2.75) is 19.0 Å². The Morgan fingerprint density at radius 1 is 1.07 bits per heavy atom. The highest BCUT2D eigenvalue weighted by Gasteiger charge is 2.28. The van der Waals surface area contributed by atoms with E-state index in [1.165, 1.54) is 48.5 Å². The second-order valence-electron chi connectivity index (χ2n) is 6.00. The first kappa shape index (κ1) is 20.3. The van der Waals surface area contributed by atoms with Gasteiger partial charge >= 0.3 is 6.18 Å². The molecule has 0 spiro atoms. The maximum absolute atomic E-state index is 12.9. The molecule has 29 heavy (non-hydrogen) atoms. The van der Waals surface area contributed by atoms with Gasteiger partial charge in [-0.3, -0.25) is 4.79 Å². The number of aromatic nitrogens is 2. The molecule has 10 heteroatoms. The van der Waals surface area contributed by atoms with Gasteiger partial charge in [0, 0.05) is 24.1 Å². The molecule has 0 unspecified atom stereocenters. The molecule has 0 aliphatic rings. The van der Waals surface area contributed by atoms with Crippen LogP contribution in [0.4, 0.5) is 23.2 Å². The summed E-state index contributed by atoms with van der Waals surface area (Å²) in [7, 11) is 0. The number of ether oxygens (including phenoxy) is 1. The molecule has 1 N–H and O–H groups in total. The highest BCUT2D eigenvalue weighted by Crippen LogP contribution is 2.21. The number of carbonyl (C=O) groups excluding carboxylic acids is 1. The molecule has 0 bridgehead atoms. The number of carbonyl (C=O) groups is 1. The van der Waals surface area contributed by atoms with Gasteiger partial charge in [0.2, 0.25) is 17.6 Å². The van der Waals surface area contributed by atoms with Crippen LogP contribution in [0.2, 0.25) is 0 Å². The van der Waals surface area contributed by atoms with Crippen LogP contribution in [0.15, 0.2) is 53.1 Å². The molecule has 1 amide bonds. The molecule has 1 aromatic heterocycles. The average molecular weight is 409 g/mol. The van der Waals surface area contributed by atoms with E-state index < -0.39 is 12.8 Å². The number of hydrogen-bond donors (Lipinski definition) is 1. The minimum absolute atomic E-state index is 0.0412. The molecular formula is C19H15F4N3O3. The van der Waals surface area contributed by atoms with Gasteiger partial charge in [-0.15, -0.1) is 0 Å². The van der Waals surface area contributed by atoms with Crippen molar-refractivity contribution in [3.8, 4) is 17.1 Å². The molecule has 0 aliphatic heterocycles. The first-order valence-corrected chi connectivity index (χ1v) is 8.46. The lowest BCUT2D eigenvalue weighted by Gasteiger charge is -2.10. The van der Waals surface area contributed by atoms with E-state index in [9.17, 15) is 22.4 Å². The Labute approximate surface area is 162 Å². The van der Waals surface area contributed by atoms with Crippen molar-refractivity contribution in [3.63, 3.8) is 0 Å². The van der Waals surface area contributed by atoms with E-state index in [1.54, 1.807) is 0 Å². The number of amides is 1. The van der Waals surface area contributed by atoms with Crippen LogP contribution in [-0.2, 0) is 11.2 Å². The standard InChI is InChI=1S/C19H15F4N3O3/c20-13-3-1-12(2-4-13)18-25-17(29-26-18)10-9-16(27)24-14-5-7-15(8-6-14)28-11-19(21,22)23/h1-8H,9-11H2,(H,24,27). The smallest absolute Gasteiger partial charge is 0.422 e. The van der Waals surface area contributed by atoms with Crippen molar-refractivity contribution in [3.05, 3.63) is 60.2 Å². The molecule has 152 valence electrons. The van der Waals surface area contributed by atoms with Crippen molar-refractivity contribution >= 4 is 11.6 Å². The molecule has 3 aromatic rings. The van der Waals surface area contributed by atoms with Gasteiger partial charge in [-0.05, 0) is 48.5 Å². The third-order valence-electron chi connectivity index (χ3n) is 3.68. The van der Waals surface area contributed by atoms with Crippen molar-refractivity contribution < 1.29 is 31.6 Å². The van der Waals surface area contributed by atoms with Crippen LogP contribution in [0.25, 0.3) is 11.4 Å². The Morgan fingerprint density at radius 2 is 1.76 bits per heavy atom. The van der Waals surface area contributed by atoms with E-state index in [0.717, 1.165) is 0 Å². The van der Waals surface area contributed by atoms with Crippen molar-refractivity contribution in [1.82, 2.24) is 10.1 Å². The van der Waals surface area contributed by atoms with Crippen LogP contribution in [0.1, 0.15) is 12.3 Å². The number of anilines is 1. The molecule has 6 nitrogen and oxygen atoms in total. The fourth-order valence-corrected chi connectivity index (χ4v) is 2.32. The molecule has 0 saturated carbocycles. The predicted octanol–water partition coefficient (Wildman–Crippen LogP) is 4.39. The van der Waals surface area contributed by atoms with Crippen LogP contribution in [0, 0.1) is 5.82 Å². The first-order chi connectivity index (χ1) is 13.8. The topological polar surface area (TPSA) is 77.2 Å². The van der Waals surface area contributed by atoms with Gasteiger partial charge < -0.3 is 14.6 Å². The van der Waals surface area contributed by atoms with Gasteiger partial charge in [0.25, 0.3) is 0 Å². The molecule has 2 aromatic carbocycles. The number of nitrogens with zero attached hydrogens (tertiary/aromatic N) is 2. The van der Waals surface area contributed by atoms with Crippen LogP contribution in [0.5, 0.6) is 5.75 Å². The summed E-state index contributed by atoms with van der Waals surface area (Å²) < 4.78 is 59.0. The average Bonchev–Trinajstić information content (AvgIpc) is 3.15. The van der Waals surface area contributed by atoms with E-state index in [4.69, 9.17) is 4.52 Å². The van der Waals surface area contributed by atoms with Crippen molar-refractivity contribution in [2.75, 3.05) is 11.9 Å². The monoisotopic (exact) mass is 409 g/mol. The molecule has 3 rings (SSSR count). The SMILES string of the molecule is O=C(CCc1nc(-c2ccc(F)cc2)no1)Nc1ccc(OCC(F)(F)F)cc1. The third-order valence-corrected chi connectivity index (χ3v) is 3.68. The maximum atomic E-state index is 12.9. The zero-order chi connectivity index (χ0) is 20.9. The maximum Gasteiger partial charge on any atom is 0.422 e. The van der Waals surface area contributed by atoms with E-state index in [2.05, 4.69) is 20.2 Å². The Hall–Kier alpha value is -3.43. The second-order valence-corrected chi connectivity index (χ2v) is 6.00. The second kappa shape index (κ2) is 8.72. The summed E-state index contributed by atoms with van der Waals surface area (Å²) in [4.78, 5) is 16.2. The van der Waals surface area contributed by atoms with Gasteiger partial charge in [0.1, 0.15) is 11.6 Å². The number of nitrogens with one attached hydrogen (secondary N) is 1. The van der Waals surface area contributed by atoms with Gasteiger partial charge in [-0.2, -0.15) is 18.2 Å². The highest BCUT2D eigenvalue weighted by atomic mass is 19.4. The van der Waals surface area contributed by atoms with Crippen molar-refractivity contribution in [2.24, 2.45) is 0 Å². The van der Waals surface area contributed by atoms with E-state index >= 15 is 0 Å². The number of hydrogen-bond acceptors (Lipinski definition) is 5. The molecule has 0 fully saturated rings. The molecule has 1 heterocycles. The number of halogens is 4. The molecular weight excluding hydrogens is 394 g/mol. The van der Waals surface area contributed by atoms with Gasteiger partial charge in [-0.1, -0.05) is 5.16 Å². The Kier molecular flexibility index (Phi) is 6.10. The predicted molar refractivity (Wildman–Crippen MR) is 94.6 cm³/mol. The van der Waals surface area contributed by atoms with E-state index in [0.29, 0.717) is 11.3 Å². The highest BCUT2D eigenvalue weighted by molar-refractivity contribution is 5.90. The van der Waals surface area contributed by atoms with Gasteiger partial charge in [-0.25, -0.2) is 4.39 Å². The minimum Gasteiger partial charge on any atom is -0.484 e. The molecule has 0 saturated heterocycles. The number of benzene rings is 2. The lowest BCUT2D eigenvalue weighted by atomic mass is 10.2. The zero-order valence-corrected chi connectivity index (χ0v) is 14.9. The summed E-state index contributed by atoms with van der Waals surface area (Å²) in [6, 6.07) is 11.1. The number of aryl methyl sites for hydroxylation is 1. The molecule has 0 aliphatic carbocycles. The Bertz CT molecular complexity index is 954. The fourth-order valence-electron chi connectivity index (χ4n) is 2.32. The van der Waals surface area contributed by atoms with Crippen LogP contribution < -0.4 is 10.1 Å². The molecule has 0 atom stereocenters. The first-order valence-electron chi connectivity index (χ1n) is 8.46. The van der Waals surface area contributed by atoms with Gasteiger partial charge in [0.05, 0.1) is 0 Å². The number of rotatable bonds is 7. The van der Waals surface area contributed by atoms with Crippen LogP contribution >= 0.6 is 0 Å². The van der Waals surface area contributed by atoms with E-state index in [1.807, 2.05) is 0 Å². The zero-order valence-electron chi connectivity index (χ0n) is 14.9. The van der Waals surface area contributed by atoms with Gasteiger partial charge in [0.15, 0.2) is 6.61 Å². The fraction of sp³-hybridized carbons (Fsp3) is 0.211. The summed E-state index contributed by atoms with van der Waals surface area (Å²) in [5.74, 6) is -0.144. The van der Waals surface area contributed by atoms with Crippen LogP contribution in [0.3, 0.4) is 0 Å². The summed E-state index contributed by atoms with van der Waals surface area (Å²) in [6.07, 6.45) is -4.18. The van der Waals surface area contributed by atoms with E-state index in [-0.39, 0.29) is 42.0 Å². The van der Waals surface area contributed by atoms with Crippen LogP contribution in [-0.4, -0.2) is 28.8 Å². The Balaban J connectivity index is 1.48.